The molecule has 1 aliphatic rings. The second kappa shape index (κ2) is 9.50. The Kier molecular flexibility index (Phi) is 7.07. The molecule has 1 aromatic carbocycles. The molecule has 6 nitrogen and oxygen atoms in total. The molecule has 0 amide bonds. The minimum atomic E-state index is -0.727. The summed E-state index contributed by atoms with van der Waals surface area (Å²) in [6, 6.07) is 7.04. The van der Waals surface area contributed by atoms with Crippen LogP contribution in [0.1, 0.15) is 0 Å². The number of hydrogen-bond donors (Lipinski definition) is 2. The Morgan fingerprint density at radius 1 is 1.27 bits per heavy atom. The van der Waals surface area contributed by atoms with Crippen LogP contribution in [0.15, 0.2) is 30.6 Å². The van der Waals surface area contributed by atoms with E-state index in [1.165, 1.54) is 6.33 Å². The van der Waals surface area contributed by atoms with Gasteiger partial charge in [0.2, 0.25) is 0 Å². The second-order valence-electron chi connectivity index (χ2n) is 5.76. The standard InChI is InChI=1S/C17H20Cl2N4O2S/c18-13-2-1-3-14(17(13)19)25-10-12(24)9-20-15-8-16(22-11-21-15)23-4-6-26-7-5-23/h1-3,8,11-12,24H,4-7,9-10H2,(H,20,21,22). The number of rotatable bonds is 7. The lowest BCUT2D eigenvalue weighted by molar-refractivity contribution is 0.117. The summed E-state index contributed by atoms with van der Waals surface area (Å²) in [4.78, 5) is 10.8. The van der Waals surface area contributed by atoms with E-state index in [-0.39, 0.29) is 6.61 Å². The monoisotopic (exact) mass is 414 g/mol. The van der Waals surface area contributed by atoms with Gasteiger partial charge in [-0.1, -0.05) is 29.3 Å². The summed E-state index contributed by atoms with van der Waals surface area (Å²) in [6.07, 6.45) is 0.809. The van der Waals surface area contributed by atoms with Gasteiger partial charge in [0.05, 0.1) is 5.02 Å². The van der Waals surface area contributed by atoms with E-state index >= 15 is 0 Å². The Morgan fingerprint density at radius 2 is 2.08 bits per heavy atom. The Morgan fingerprint density at radius 3 is 2.88 bits per heavy atom. The molecule has 0 aliphatic carbocycles. The summed E-state index contributed by atoms with van der Waals surface area (Å²) >= 11 is 14.0. The molecule has 0 spiro atoms. The number of anilines is 2. The van der Waals surface area contributed by atoms with Crippen LogP contribution in [0.3, 0.4) is 0 Å². The van der Waals surface area contributed by atoms with Gasteiger partial charge in [0, 0.05) is 37.2 Å². The molecule has 1 fully saturated rings. The van der Waals surface area contributed by atoms with Gasteiger partial charge < -0.3 is 20.1 Å². The van der Waals surface area contributed by atoms with Crippen molar-refractivity contribution >= 4 is 46.6 Å². The van der Waals surface area contributed by atoms with Crippen molar-refractivity contribution in [2.75, 3.05) is 48.0 Å². The first-order chi connectivity index (χ1) is 12.6. The molecule has 0 saturated carbocycles. The van der Waals surface area contributed by atoms with Gasteiger partial charge in [0.25, 0.3) is 0 Å². The first kappa shape index (κ1) is 19.4. The van der Waals surface area contributed by atoms with E-state index in [1.54, 1.807) is 18.2 Å². The number of aliphatic hydroxyl groups excluding tert-OH is 1. The highest BCUT2D eigenvalue weighted by Crippen LogP contribution is 2.31. The maximum absolute atomic E-state index is 10.1. The van der Waals surface area contributed by atoms with Crippen LogP contribution in [0.5, 0.6) is 5.75 Å². The number of nitrogens with one attached hydrogen (secondary N) is 1. The molecule has 2 heterocycles. The third-order valence-electron chi connectivity index (χ3n) is 3.85. The smallest absolute Gasteiger partial charge is 0.139 e. The van der Waals surface area contributed by atoms with E-state index in [0.29, 0.717) is 28.2 Å². The summed E-state index contributed by atoms with van der Waals surface area (Å²) in [5.74, 6) is 4.24. The summed E-state index contributed by atoms with van der Waals surface area (Å²) in [7, 11) is 0. The molecule has 140 valence electrons. The van der Waals surface area contributed by atoms with Crippen LogP contribution in [-0.2, 0) is 0 Å². The fourth-order valence-electron chi connectivity index (χ4n) is 2.47. The van der Waals surface area contributed by atoms with E-state index < -0.39 is 6.10 Å². The predicted octanol–water partition coefficient (Wildman–Crippen LogP) is 3.19. The van der Waals surface area contributed by atoms with Crippen LogP contribution in [0.4, 0.5) is 11.6 Å². The van der Waals surface area contributed by atoms with E-state index in [0.717, 1.165) is 30.4 Å². The highest BCUT2D eigenvalue weighted by Gasteiger charge is 2.14. The molecule has 2 N–H and O–H groups in total. The normalized spacial score (nSPS) is 15.6. The highest BCUT2D eigenvalue weighted by molar-refractivity contribution is 7.99. The van der Waals surface area contributed by atoms with Gasteiger partial charge in [0.15, 0.2) is 0 Å². The first-order valence-corrected chi connectivity index (χ1v) is 10.2. The van der Waals surface area contributed by atoms with Gasteiger partial charge in [-0.3, -0.25) is 0 Å². The first-order valence-electron chi connectivity index (χ1n) is 8.27. The molecule has 1 aliphatic heterocycles. The molecule has 1 atom stereocenters. The van der Waals surface area contributed by atoms with Crippen molar-refractivity contribution in [2.45, 2.75) is 6.10 Å². The lowest BCUT2D eigenvalue weighted by Crippen LogP contribution is -2.33. The topological polar surface area (TPSA) is 70.5 Å². The van der Waals surface area contributed by atoms with Gasteiger partial charge in [-0.25, -0.2) is 9.97 Å². The third-order valence-corrected chi connectivity index (χ3v) is 5.60. The number of ether oxygens (including phenoxy) is 1. The molecular weight excluding hydrogens is 395 g/mol. The van der Waals surface area contributed by atoms with Crippen LogP contribution in [-0.4, -0.2) is 58.9 Å². The maximum atomic E-state index is 10.1. The average molecular weight is 415 g/mol. The summed E-state index contributed by atoms with van der Waals surface area (Å²) in [5.41, 5.74) is 0. The zero-order valence-corrected chi connectivity index (χ0v) is 16.4. The number of aromatic nitrogens is 2. The van der Waals surface area contributed by atoms with Gasteiger partial charge >= 0.3 is 0 Å². The van der Waals surface area contributed by atoms with Crippen molar-refractivity contribution in [2.24, 2.45) is 0 Å². The molecule has 26 heavy (non-hydrogen) atoms. The van der Waals surface area contributed by atoms with Crippen LogP contribution in [0, 0.1) is 0 Å². The average Bonchev–Trinajstić information content (AvgIpc) is 2.68. The van der Waals surface area contributed by atoms with Gasteiger partial charge in [0.1, 0.15) is 41.4 Å². The van der Waals surface area contributed by atoms with Crippen molar-refractivity contribution in [3.05, 3.63) is 40.6 Å². The third kappa shape index (κ3) is 5.30. The summed E-state index contributed by atoms with van der Waals surface area (Å²) in [6.45, 7) is 2.36. The lowest BCUT2D eigenvalue weighted by Gasteiger charge is -2.27. The van der Waals surface area contributed by atoms with E-state index in [1.807, 2.05) is 17.8 Å². The quantitative estimate of drug-likeness (QED) is 0.720. The summed E-state index contributed by atoms with van der Waals surface area (Å²) in [5, 5.41) is 14.0. The Hall–Kier alpha value is -1.41. The lowest BCUT2D eigenvalue weighted by atomic mass is 10.3. The van der Waals surface area contributed by atoms with E-state index in [9.17, 15) is 5.11 Å². The molecule has 0 radical (unpaired) electrons. The molecule has 9 heteroatoms. The molecule has 0 bridgehead atoms. The SMILES string of the molecule is OC(CNc1cc(N2CCSCC2)ncn1)COc1cccc(Cl)c1Cl. The van der Waals surface area contributed by atoms with Gasteiger partial charge in [-0.15, -0.1) is 0 Å². The number of halogens is 2. The molecule has 2 aromatic rings. The van der Waals surface area contributed by atoms with Crippen molar-refractivity contribution in [3.8, 4) is 5.75 Å². The largest absolute Gasteiger partial charge is 0.489 e. The number of thioether (sulfide) groups is 1. The van der Waals surface area contributed by atoms with Crippen LogP contribution >= 0.6 is 35.0 Å². The molecular formula is C17H20Cl2N4O2S. The Labute approximate surface area is 166 Å². The second-order valence-corrected chi connectivity index (χ2v) is 7.77. The Balaban J connectivity index is 1.49. The van der Waals surface area contributed by atoms with Crippen LogP contribution < -0.4 is 15.0 Å². The maximum Gasteiger partial charge on any atom is 0.139 e. The fraction of sp³-hybridized carbons (Fsp3) is 0.412. The number of nitrogens with zero attached hydrogens (tertiary/aromatic N) is 3. The van der Waals surface area contributed by atoms with Crippen molar-refractivity contribution < 1.29 is 9.84 Å². The zero-order valence-electron chi connectivity index (χ0n) is 14.1. The van der Waals surface area contributed by atoms with Crippen molar-refractivity contribution in [1.29, 1.82) is 0 Å². The van der Waals surface area contributed by atoms with Crippen molar-refractivity contribution in [1.82, 2.24) is 9.97 Å². The highest BCUT2D eigenvalue weighted by atomic mass is 35.5. The number of hydrogen-bond acceptors (Lipinski definition) is 7. The van der Waals surface area contributed by atoms with Crippen LogP contribution in [0.2, 0.25) is 10.0 Å². The minimum Gasteiger partial charge on any atom is -0.489 e. The molecule has 1 saturated heterocycles. The number of aliphatic hydroxyl groups is 1. The van der Waals surface area contributed by atoms with Gasteiger partial charge in [-0.2, -0.15) is 11.8 Å². The molecule has 1 aromatic heterocycles. The van der Waals surface area contributed by atoms with E-state index in [2.05, 4.69) is 20.2 Å². The van der Waals surface area contributed by atoms with Gasteiger partial charge in [-0.05, 0) is 12.1 Å². The Bertz CT molecular complexity index is 732. The van der Waals surface area contributed by atoms with Crippen LogP contribution in [0.25, 0.3) is 0 Å². The van der Waals surface area contributed by atoms with E-state index in [4.69, 9.17) is 27.9 Å². The van der Waals surface area contributed by atoms with Crippen molar-refractivity contribution in [3.63, 3.8) is 0 Å². The molecule has 3 rings (SSSR count). The summed E-state index contributed by atoms with van der Waals surface area (Å²) < 4.78 is 5.54. The number of benzene rings is 1. The zero-order chi connectivity index (χ0) is 18.4. The fourth-order valence-corrected chi connectivity index (χ4v) is 3.72. The predicted molar refractivity (Wildman–Crippen MR) is 108 cm³/mol. The minimum absolute atomic E-state index is 0.0916. The molecule has 1 unspecified atom stereocenters.